The zero-order valence-corrected chi connectivity index (χ0v) is 33.9. The maximum atomic E-state index is 13.0. The molecule has 1 fully saturated rings. The summed E-state index contributed by atoms with van der Waals surface area (Å²) in [6, 6.07) is 23.3. The summed E-state index contributed by atoms with van der Waals surface area (Å²) in [7, 11) is 3.56. The number of carbonyl (C=O) groups excluding carboxylic acids is 2. The first-order chi connectivity index (χ1) is 27.8. The summed E-state index contributed by atoms with van der Waals surface area (Å²) >= 11 is 0. The first-order valence-electron chi connectivity index (χ1n) is 21.0. The number of nitrogens with two attached hydrogens (primary N) is 1. The molecule has 3 aliphatic rings. The van der Waals surface area contributed by atoms with Crippen LogP contribution in [0.25, 0.3) is 6.08 Å². The number of phenols is 1. The van der Waals surface area contributed by atoms with E-state index < -0.39 is 0 Å². The number of carbonyl (C=O) groups is 2. The van der Waals surface area contributed by atoms with Gasteiger partial charge in [-0.1, -0.05) is 85.7 Å². The number of ketones is 2. The molecule has 0 saturated carbocycles. The predicted octanol–water partition coefficient (Wildman–Crippen LogP) is 7.55. The predicted molar refractivity (Wildman–Crippen MR) is 231 cm³/mol. The number of methoxy groups -OCH3 is 1. The van der Waals surface area contributed by atoms with Crippen molar-refractivity contribution in [2.45, 2.75) is 89.3 Å². The number of aryl methyl sites for hydroxylation is 3. The van der Waals surface area contributed by atoms with Gasteiger partial charge in [-0.3, -0.25) is 9.59 Å². The van der Waals surface area contributed by atoms with E-state index in [0.717, 1.165) is 86.7 Å². The minimum absolute atomic E-state index is 0.0217. The van der Waals surface area contributed by atoms with Crippen LogP contribution in [0.15, 0.2) is 108 Å². The number of fused-ring (bicyclic) bond motifs is 1. The van der Waals surface area contributed by atoms with Gasteiger partial charge in [0.1, 0.15) is 5.78 Å². The van der Waals surface area contributed by atoms with Crippen LogP contribution in [0.5, 0.6) is 11.5 Å². The summed E-state index contributed by atoms with van der Waals surface area (Å²) < 4.78 is 5.43. The standard InChI is InChI=1S/C49H62N4O4/c1-51-46-23-21-39-32-52-25-24-44(39)45(46)15-8-4-7-14-42(54)31-43(55)22-20-37-29-48(57-2)47(56)28-40(37)27-41-33-53-49(50)30-38(41)19-18-36-13-9-12-35(26-36)17-16-34-10-5-3-6-11-34/h3,5-6,9-13,20-23,26,28-30,33,39,44-46,49,51-53,56H,4,7-8,14-19,24-25,27,31-32,50H2,1-2H3. The number of benzene rings is 3. The minimum Gasteiger partial charge on any atom is -0.504 e. The van der Waals surface area contributed by atoms with Gasteiger partial charge in [0, 0.05) is 25.2 Å². The van der Waals surface area contributed by atoms with Crippen molar-refractivity contribution in [1.82, 2.24) is 16.0 Å². The molecule has 2 heterocycles. The Labute approximate surface area is 339 Å². The van der Waals surface area contributed by atoms with E-state index in [1.807, 2.05) is 6.20 Å². The maximum absolute atomic E-state index is 13.0. The molecule has 0 amide bonds. The molecule has 3 aromatic rings. The Balaban J connectivity index is 1.01. The molecule has 1 saturated heterocycles. The molecule has 3 aromatic carbocycles. The van der Waals surface area contributed by atoms with E-state index in [1.165, 1.54) is 36.3 Å². The first-order valence-corrected chi connectivity index (χ1v) is 21.0. The van der Waals surface area contributed by atoms with Crippen LogP contribution >= 0.6 is 0 Å². The summed E-state index contributed by atoms with van der Waals surface area (Å²) in [4.78, 5) is 25.9. The summed E-state index contributed by atoms with van der Waals surface area (Å²) in [5.74, 6) is 2.07. The summed E-state index contributed by atoms with van der Waals surface area (Å²) in [6.45, 7) is 2.16. The van der Waals surface area contributed by atoms with Crippen molar-refractivity contribution in [1.29, 1.82) is 0 Å². The molecule has 0 radical (unpaired) electrons. The number of nitrogens with one attached hydrogen (secondary N) is 3. The van der Waals surface area contributed by atoms with E-state index in [4.69, 9.17) is 10.5 Å². The van der Waals surface area contributed by atoms with Crippen LogP contribution in [-0.4, -0.2) is 56.1 Å². The monoisotopic (exact) mass is 770 g/mol. The Morgan fingerprint density at radius 2 is 1.70 bits per heavy atom. The van der Waals surface area contributed by atoms with Crippen molar-refractivity contribution in [3.05, 3.63) is 136 Å². The van der Waals surface area contributed by atoms with E-state index in [2.05, 4.69) is 95.8 Å². The number of rotatable bonds is 20. The highest BCUT2D eigenvalue weighted by Gasteiger charge is 2.36. The second-order valence-electron chi connectivity index (χ2n) is 16.1. The number of phenolic OH excluding ortho intramolecular Hbond substituents is 1. The van der Waals surface area contributed by atoms with Gasteiger partial charge in [0.25, 0.3) is 0 Å². The smallest absolute Gasteiger partial charge is 0.163 e. The number of piperidine rings is 1. The Kier molecular flexibility index (Phi) is 15.5. The highest BCUT2D eigenvalue weighted by Crippen LogP contribution is 2.38. The van der Waals surface area contributed by atoms with Gasteiger partial charge in [-0.15, -0.1) is 0 Å². The van der Waals surface area contributed by atoms with Gasteiger partial charge < -0.3 is 31.5 Å². The number of unbranched alkanes of at least 4 members (excludes halogenated alkanes) is 2. The normalized spacial score (nSPS) is 21.7. The molecule has 6 N–H and O–H groups in total. The molecular weight excluding hydrogens is 709 g/mol. The van der Waals surface area contributed by atoms with Crippen LogP contribution in [0.3, 0.4) is 0 Å². The Bertz CT molecular complexity index is 1930. The summed E-state index contributed by atoms with van der Waals surface area (Å²) in [6.07, 6.45) is 21.5. The number of allylic oxidation sites excluding steroid dienone is 3. The fourth-order valence-electron chi connectivity index (χ4n) is 8.95. The van der Waals surface area contributed by atoms with E-state index in [1.54, 1.807) is 18.2 Å². The van der Waals surface area contributed by atoms with Gasteiger partial charge in [-0.05, 0) is 146 Å². The second kappa shape index (κ2) is 21.1. The molecule has 1 aliphatic carbocycles. The fraction of sp³-hybridized carbons (Fsp3) is 0.429. The van der Waals surface area contributed by atoms with Crippen molar-refractivity contribution < 1.29 is 19.4 Å². The van der Waals surface area contributed by atoms with E-state index in [0.29, 0.717) is 42.4 Å². The van der Waals surface area contributed by atoms with Crippen molar-refractivity contribution in [3.8, 4) is 11.5 Å². The minimum atomic E-state index is -0.290. The Morgan fingerprint density at radius 1 is 0.930 bits per heavy atom. The average Bonchev–Trinajstić information content (AvgIpc) is 3.23. The van der Waals surface area contributed by atoms with E-state index >= 15 is 0 Å². The lowest BCUT2D eigenvalue weighted by atomic mass is 9.68. The lowest BCUT2D eigenvalue weighted by molar-refractivity contribution is -0.124. The van der Waals surface area contributed by atoms with Crippen LogP contribution in [0.1, 0.15) is 79.2 Å². The number of aromatic hydroxyl groups is 1. The third-order valence-corrected chi connectivity index (χ3v) is 12.1. The number of likely N-dealkylation sites (N-methyl/N-ethyl adjacent to an activating group) is 1. The Hall–Kier alpha value is -4.76. The van der Waals surface area contributed by atoms with Crippen LogP contribution in [-0.2, 0) is 35.3 Å². The van der Waals surface area contributed by atoms with Gasteiger partial charge in [-0.25, -0.2) is 0 Å². The van der Waals surface area contributed by atoms with Crippen LogP contribution < -0.4 is 26.4 Å². The lowest BCUT2D eigenvalue weighted by Crippen LogP contribution is -2.47. The molecule has 8 heteroatoms. The quantitative estimate of drug-likeness (QED) is 0.0346. The second-order valence-corrected chi connectivity index (χ2v) is 16.1. The third kappa shape index (κ3) is 12.1. The molecule has 5 atom stereocenters. The molecular formula is C49H62N4O4. The average molecular weight is 771 g/mol. The van der Waals surface area contributed by atoms with E-state index in [-0.39, 0.29) is 29.9 Å². The molecule has 5 unspecified atom stereocenters. The van der Waals surface area contributed by atoms with Gasteiger partial charge in [0.2, 0.25) is 0 Å². The van der Waals surface area contributed by atoms with Gasteiger partial charge in [0.05, 0.1) is 19.7 Å². The number of ether oxygens (including phenoxy) is 1. The van der Waals surface area contributed by atoms with Crippen LogP contribution in [0.2, 0.25) is 0 Å². The maximum Gasteiger partial charge on any atom is 0.163 e. The van der Waals surface area contributed by atoms with Crippen molar-refractivity contribution in [2.24, 2.45) is 23.5 Å². The molecule has 8 nitrogen and oxygen atoms in total. The van der Waals surface area contributed by atoms with Crippen LogP contribution in [0.4, 0.5) is 0 Å². The van der Waals surface area contributed by atoms with Gasteiger partial charge in [-0.2, -0.15) is 0 Å². The van der Waals surface area contributed by atoms with Gasteiger partial charge >= 0.3 is 0 Å². The topological polar surface area (TPSA) is 126 Å². The van der Waals surface area contributed by atoms with Crippen molar-refractivity contribution in [2.75, 3.05) is 27.2 Å². The third-order valence-electron chi connectivity index (χ3n) is 12.1. The molecule has 302 valence electrons. The molecule has 0 bridgehead atoms. The highest BCUT2D eigenvalue weighted by molar-refractivity contribution is 6.06. The van der Waals surface area contributed by atoms with Crippen molar-refractivity contribution >= 4 is 17.6 Å². The number of hydrogen-bond acceptors (Lipinski definition) is 8. The molecule has 6 rings (SSSR count). The Morgan fingerprint density at radius 3 is 2.49 bits per heavy atom. The molecule has 57 heavy (non-hydrogen) atoms. The van der Waals surface area contributed by atoms with E-state index in [9.17, 15) is 14.7 Å². The van der Waals surface area contributed by atoms with Crippen LogP contribution in [0, 0.1) is 17.8 Å². The zero-order valence-electron chi connectivity index (χ0n) is 33.9. The largest absolute Gasteiger partial charge is 0.504 e. The summed E-state index contributed by atoms with van der Waals surface area (Å²) in [5.41, 5.74) is 14.1. The fourth-order valence-corrected chi connectivity index (χ4v) is 8.95. The number of dihydropyridines is 1. The first kappa shape index (κ1) is 41.9. The molecule has 0 spiro atoms. The SMILES string of the molecule is CNC1C=CC2CNCCC2C1CCCCCC(=O)CC(=O)C=Cc1cc(OC)c(O)cc1CC1=CNC(N)C=C1CCc1cccc(CCc2ccccc2)c1. The van der Waals surface area contributed by atoms with Gasteiger partial charge in [0.15, 0.2) is 17.3 Å². The number of hydrogen-bond donors (Lipinski definition) is 5. The lowest BCUT2D eigenvalue weighted by Gasteiger charge is -2.42. The highest BCUT2D eigenvalue weighted by atomic mass is 16.5. The summed E-state index contributed by atoms with van der Waals surface area (Å²) in [5, 5.41) is 21.1. The van der Waals surface area contributed by atoms with Crippen molar-refractivity contribution in [3.63, 3.8) is 0 Å². The zero-order chi connectivity index (χ0) is 40.0. The molecule has 0 aromatic heterocycles. The number of Topliss-reactive ketones (excluding diaryl/α,β-unsaturated/α-hetero) is 1. The molecule has 2 aliphatic heterocycles.